The number of amidine groups is 1. The number of allylic oxidation sites excluding steroid dienone is 3. The normalized spacial score (nSPS) is 12.4. The van der Waals surface area contributed by atoms with Crippen molar-refractivity contribution in [3.05, 3.63) is 23.8 Å². The van der Waals surface area contributed by atoms with Gasteiger partial charge in [-0.2, -0.15) is 0 Å². The second-order valence-electron chi connectivity index (χ2n) is 2.39. The molecule has 0 bridgehead atoms. The highest BCUT2D eigenvalue weighted by molar-refractivity contribution is 5.80. The third-order valence-corrected chi connectivity index (χ3v) is 1.24. The van der Waals surface area contributed by atoms with Gasteiger partial charge in [-0.15, -0.1) is 0 Å². The van der Waals surface area contributed by atoms with Crippen molar-refractivity contribution in [1.82, 2.24) is 0 Å². The Kier molecular flexibility index (Phi) is 5.17. The second-order valence-corrected chi connectivity index (χ2v) is 2.39. The Labute approximate surface area is 68.3 Å². The molecule has 0 atom stereocenters. The summed E-state index contributed by atoms with van der Waals surface area (Å²) in [7, 11) is 0. The zero-order valence-electron chi connectivity index (χ0n) is 7.22. The Balaban J connectivity index is 4.11. The molecule has 0 saturated carbocycles. The smallest absolute Gasteiger partial charge is 0.0949 e. The molecule has 0 spiro atoms. The molecule has 3 N–H and O–H groups in total. The third-order valence-electron chi connectivity index (χ3n) is 1.24. The molecule has 0 rings (SSSR count). The SMILES string of the molecule is C/C=C\C(=C/CC)CC(=N)N. The van der Waals surface area contributed by atoms with Crippen molar-refractivity contribution in [3.63, 3.8) is 0 Å². The molecule has 0 fully saturated rings. The summed E-state index contributed by atoms with van der Waals surface area (Å²) >= 11 is 0. The minimum absolute atomic E-state index is 0.225. The van der Waals surface area contributed by atoms with Gasteiger partial charge in [0.15, 0.2) is 0 Å². The van der Waals surface area contributed by atoms with Crippen LogP contribution in [0.15, 0.2) is 23.8 Å². The van der Waals surface area contributed by atoms with Gasteiger partial charge in [-0.1, -0.05) is 25.2 Å². The number of rotatable bonds is 4. The molecule has 0 aliphatic heterocycles. The van der Waals surface area contributed by atoms with Crippen LogP contribution in [-0.4, -0.2) is 5.84 Å². The molecule has 0 radical (unpaired) electrons. The molecule has 0 unspecified atom stereocenters. The Morgan fingerprint density at radius 3 is 2.55 bits per heavy atom. The lowest BCUT2D eigenvalue weighted by Gasteiger charge is -1.98. The molecule has 62 valence electrons. The maximum absolute atomic E-state index is 7.08. The molecule has 0 aliphatic rings. The third kappa shape index (κ3) is 5.40. The van der Waals surface area contributed by atoms with E-state index in [-0.39, 0.29) is 5.84 Å². The van der Waals surface area contributed by atoms with E-state index in [1.165, 1.54) is 0 Å². The molecule has 0 aliphatic carbocycles. The van der Waals surface area contributed by atoms with E-state index >= 15 is 0 Å². The minimum Gasteiger partial charge on any atom is -0.387 e. The average Bonchev–Trinajstić information content (AvgIpc) is 1.87. The van der Waals surface area contributed by atoms with Gasteiger partial charge in [0.25, 0.3) is 0 Å². The van der Waals surface area contributed by atoms with Crippen LogP contribution in [0.4, 0.5) is 0 Å². The van der Waals surface area contributed by atoms with E-state index in [9.17, 15) is 0 Å². The predicted molar refractivity (Wildman–Crippen MR) is 49.7 cm³/mol. The van der Waals surface area contributed by atoms with Crippen LogP contribution >= 0.6 is 0 Å². The molecule has 0 amide bonds. The fraction of sp³-hybridized carbons (Fsp3) is 0.444. The zero-order valence-corrected chi connectivity index (χ0v) is 7.22. The summed E-state index contributed by atoms with van der Waals surface area (Å²) in [6, 6.07) is 0. The van der Waals surface area contributed by atoms with Crippen LogP contribution in [0.5, 0.6) is 0 Å². The Morgan fingerprint density at radius 1 is 1.55 bits per heavy atom. The zero-order chi connectivity index (χ0) is 8.69. The standard InChI is InChI=1S/C9H16N2/c1-3-5-8(6-4-2)7-9(10)11/h3,5-6H,4,7H2,1-2H3,(H3,10,11)/b5-3-,8-6+. The summed E-state index contributed by atoms with van der Waals surface area (Å²) in [5, 5.41) is 7.08. The molecule has 2 nitrogen and oxygen atoms in total. The molecular weight excluding hydrogens is 136 g/mol. The summed E-state index contributed by atoms with van der Waals surface area (Å²) < 4.78 is 0. The van der Waals surface area contributed by atoms with Crippen molar-refractivity contribution in [2.75, 3.05) is 0 Å². The van der Waals surface area contributed by atoms with Gasteiger partial charge in [-0.05, 0) is 18.9 Å². The van der Waals surface area contributed by atoms with Crippen LogP contribution in [0.2, 0.25) is 0 Å². The number of hydrogen-bond donors (Lipinski definition) is 2. The van der Waals surface area contributed by atoms with Gasteiger partial charge in [0.1, 0.15) is 0 Å². The minimum atomic E-state index is 0.225. The monoisotopic (exact) mass is 152 g/mol. The number of nitrogens with two attached hydrogens (primary N) is 1. The topological polar surface area (TPSA) is 49.9 Å². The van der Waals surface area contributed by atoms with Gasteiger partial charge in [0, 0.05) is 6.42 Å². The van der Waals surface area contributed by atoms with Crippen LogP contribution in [0, 0.1) is 5.41 Å². The maximum atomic E-state index is 7.08. The van der Waals surface area contributed by atoms with Crippen molar-refractivity contribution < 1.29 is 0 Å². The van der Waals surface area contributed by atoms with E-state index in [4.69, 9.17) is 11.1 Å². The second kappa shape index (κ2) is 5.71. The van der Waals surface area contributed by atoms with Crippen LogP contribution < -0.4 is 5.73 Å². The van der Waals surface area contributed by atoms with Crippen molar-refractivity contribution in [2.45, 2.75) is 26.7 Å². The molecule has 0 heterocycles. The lowest BCUT2D eigenvalue weighted by Crippen LogP contribution is -2.09. The summed E-state index contributed by atoms with van der Waals surface area (Å²) in [6.07, 6.45) is 7.60. The van der Waals surface area contributed by atoms with Crippen molar-refractivity contribution >= 4 is 5.84 Å². The van der Waals surface area contributed by atoms with E-state index in [0.717, 1.165) is 12.0 Å². The molecule has 0 aromatic rings. The van der Waals surface area contributed by atoms with E-state index in [1.54, 1.807) is 0 Å². The van der Waals surface area contributed by atoms with Crippen molar-refractivity contribution in [2.24, 2.45) is 5.73 Å². The highest BCUT2D eigenvalue weighted by Crippen LogP contribution is 2.03. The Bertz CT molecular complexity index is 178. The Hall–Kier alpha value is -1.05. The summed E-state index contributed by atoms with van der Waals surface area (Å²) in [6.45, 7) is 4.03. The molecule has 2 heteroatoms. The molecule has 0 aromatic carbocycles. The van der Waals surface area contributed by atoms with E-state index in [2.05, 4.69) is 13.0 Å². The Morgan fingerprint density at radius 2 is 2.18 bits per heavy atom. The highest BCUT2D eigenvalue weighted by atomic mass is 14.7. The van der Waals surface area contributed by atoms with Crippen LogP contribution in [0.3, 0.4) is 0 Å². The van der Waals surface area contributed by atoms with E-state index in [0.29, 0.717) is 6.42 Å². The number of hydrogen-bond acceptors (Lipinski definition) is 1. The summed E-state index contributed by atoms with van der Waals surface area (Å²) in [5.74, 6) is 0.225. The molecular formula is C9H16N2. The molecule has 0 saturated heterocycles. The van der Waals surface area contributed by atoms with Gasteiger partial charge in [0.2, 0.25) is 0 Å². The van der Waals surface area contributed by atoms with Gasteiger partial charge < -0.3 is 5.73 Å². The van der Waals surface area contributed by atoms with Gasteiger partial charge >= 0.3 is 0 Å². The van der Waals surface area contributed by atoms with E-state index in [1.807, 2.05) is 19.1 Å². The first-order chi connectivity index (χ1) is 5.20. The first kappa shape index (κ1) is 9.95. The van der Waals surface area contributed by atoms with Crippen molar-refractivity contribution in [3.8, 4) is 0 Å². The largest absolute Gasteiger partial charge is 0.387 e. The lowest BCUT2D eigenvalue weighted by atomic mass is 10.1. The molecule has 0 aromatic heterocycles. The van der Waals surface area contributed by atoms with E-state index < -0.39 is 0 Å². The van der Waals surface area contributed by atoms with Crippen molar-refractivity contribution in [1.29, 1.82) is 5.41 Å². The lowest BCUT2D eigenvalue weighted by molar-refractivity contribution is 1.16. The van der Waals surface area contributed by atoms with Crippen LogP contribution in [0.25, 0.3) is 0 Å². The van der Waals surface area contributed by atoms with Crippen LogP contribution in [-0.2, 0) is 0 Å². The fourth-order valence-corrected chi connectivity index (χ4v) is 0.895. The molecule has 11 heavy (non-hydrogen) atoms. The number of nitrogens with one attached hydrogen (secondary N) is 1. The van der Waals surface area contributed by atoms with Gasteiger partial charge in [-0.3, -0.25) is 5.41 Å². The van der Waals surface area contributed by atoms with Crippen LogP contribution in [0.1, 0.15) is 26.7 Å². The first-order valence-electron chi connectivity index (χ1n) is 3.85. The average molecular weight is 152 g/mol. The predicted octanol–water partition coefficient (Wildman–Crippen LogP) is 2.22. The summed E-state index contributed by atoms with van der Waals surface area (Å²) in [4.78, 5) is 0. The van der Waals surface area contributed by atoms with Gasteiger partial charge in [-0.25, -0.2) is 0 Å². The first-order valence-corrected chi connectivity index (χ1v) is 3.85. The maximum Gasteiger partial charge on any atom is 0.0949 e. The van der Waals surface area contributed by atoms with Gasteiger partial charge in [0.05, 0.1) is 5.84 Å². The highest BCUT2D eigenvalue weighted by Gasteiger charge is 1.92. The quantitative estimate of drug-likeness (QED) is 0.362. The fourth-order valence-electron chi connectivity index (χ4n) is 0.895. The summed E-state index contributed by atoms with van der Waals surface area (Å²) in [5.41, 5.74) is 6.39.